The highest BCUT2D eigenvalue weighted by Crippen LogP contribution is 2.58. The van der Waals surface area contributed by atoms with Gasteiger partial charge in [-0.25, -0.2) is 0 Å². The normalized spacial score (nSPS) is 38.0. The Bertz CT molecular complexity index is 1080. The summed E-state index contributed by atoms with van der Waals surface area (Å²) in [5.41, 5.74) is 0.844. The first-order valence-electron chi connectivity index (χ1n) is 18.9. The third kappa shape index (κ3) is 7.66. The Morgan fingerprint density at radius 2 is 1.67 bits per heavy atom. The molecule has 6 rings (SSSR count). The maximum atomic E-state index is 15.4. The Labute approximate surface area is 296 Å². The van der Waals surface area contributed by atoms with E-state index in [2.05, 4.69) is 37.7 Å². The molecule has 6 atom stereocenters. The zero-order valence-corrected chi connectivity index (χ0v) is 31.0. The molecule has 0 aromatic carbocycles. The average Bonchev–Trinajstić information content (AvgIpc) is 3.09. The summed E-state index contributed by atoms with van der Waals surface area (Å²) in [5, 5.41) is 13.7. The Morgan fingerprint density at radius 1 is 0.957 bits per heavy atom. The van der Waals surface area contributed by atoms with Crippen molar-refractivity contribution in [1.29, 1.82) is 0 Å². The molecule has 4 aliphatic carbocycles. The van der Waals surface area contributed by atoms with Gasteiger partial charge in [0.25, 0.3) is 0 Å². The summed E-state index contributed by atoms with van der Waals surface area (Å²) in [4.78, 5) is 35.0. The minimum Gasteiger partial charge on any atom is -0.396 e. The van der Waals surface area contributed by atoms with Crippen LogP contribution in [0.3, 0.4) is 0 Å². The first-order valence-corrected chi connectivity index (χ1v) is 20.4. The van der Waals surface area contributed by atoms with Gasteiger partial charge in [0.05, 0.1) is 18.6 Å². The van der Waals surface area contributed by atoms with Crippen molar-refractivity contribution in [3.63, 3.8) is 0 Å². The van der Waals surface area contributed by atoms with Gasteiger partial charge in [-0.05, 0) is 133 Å². The summed E-state index contributed by atoms with van der Waals surface area (Å²) in [6.07, 6.45) is 17.8. The number of alkyl halides is 1. The molecule has 5 fully saturated rings. The van der Waals surface area contributed by atoms with Gasteiger partial charge in [-0.1, -0.05) is 31.3 Å². The number of carbonyl (C=O) groups is 2. The van der Waals surface area contributed by atoms with E-state index in [1.54, 1.807) is 0 Å². The highest BCUT2D eigenvalue weighted by molar-refractivity contribution is 14.1. The lowest BCUT2D eigenvalue weighted by Gasteiger charge is -2.60. The van der Waals surface area contributed by atoms with Gasteiger partial charge in [0.2, 0.25) is 11.8 Å². The van der Waals surface area contributed by atoms with E-state index in [-0.39, 0.29) is 47.6 Å². The summed E-state index contributed by atoms with van der Waals surface area (Å²) >= 11 is 9.62. The zero-order chi connectivity index (χ0) is 32.1. The van der Waals surface area contributed by atoms with Crippen LogP contribution >= 0.6 is 34.2 Å². The molecule has 9 heteroatoms. The van der Waals surface area contributed by atoms with E-state index in [0.29, 0.717) is 24.9 Å². The molecule has 0 radical (unpaired) electrons. The number of ether oxygens (including phenoxy) is 1. The number of hydrogen-bond donors (Lipinski definition) is 2. The van der Waals surface area contributed by atoms with E-state index < -0.39 is 5.41 Å². The molecule has 0 bridgehead atoms. The van der Waals surface area contributed by atoms with E-state index in [1.165, 1.54) is 34.8 Å². The molecular formula is C37H59ClIN3O4. The van der Waals surface area contributed by atoms with E-state index >= 15 is 4.79 Å². The topological polar surface area (TPSA) is 82.1 Å². The van der Waals surface area contributed by atoms with Crippen molar-refractivity contribution in [3.05, 3.63) is 9.15 Å². The molecule has 2 heterocycles. The van der Waals surface area contributed by atoms with Crippen molar-refractivity contribution >= 4 is 46.0 Å². The van der Waals surface area contributed by atoms with E-state index in [9.17, 15) is 9.90 Å². The predicted octanol–water partition coefficient (Wildman–Crippen LogP) is 6.69. The maximum absolute atomic E-state index is 15.4. The maximum Gasteiger partial charge on any atom is 0.228 e. The van der Waals surface area contributed by atoms with Gasteiger partial charge in [0, 0.05) is 56.7 Å². The largest absolute Gasteiger partial charge is 0.396 e. The van der Waals surface area contributed by atoms with Gasteiger partial charge >= 0.3 is 0 Å². The number of allylic oxidation sites excluding steroid dienone is 2. The molecule has 0 spiro atoms. The third-order valence-corrected chi connectivity index (χ3v) is 14.9. The number of piperidine rings is 1. The highest BCUT2D eigenvalue weighted by atomic mass is 127. The van der Waals surface area contributed by atoms with Crippen LogP contribution in [0.15, 0.2) is 9.15 Å². The fraction of sp³-hybridized carbons (Fsp3) is 0.892. The minimum absolute atomic E-state index is 0.0748. The first-order chi connectivity index (χ1) is 22.4. The number of rotatable bonds is 10. The number of nitrogens with zero attached hydrogens (tertiary/aromatic N) is 2. The summed E-state index contributed by atoms with van der Waals surface area (Å²) < 4.78 is 7.04. The lowest BCUT2D eigenvalue weighted by Crippen LogP contribution is -2.70. The third-order valence-electron chi connectivity index (χ3n) is 13.0. The van der Waals surface area contributed by atoms with Crippen molar-refractivity contribution < 1.29 is 19.4 Å². The fourth-order valence-corrected chi connectivity index (χ4v) is 11.7. The van der Waals surface area contributed by atoms with Crippen molar-refractivity contribution in [3.8, 4) is 0 Å². The van der Waals surface area contributed by atoms with Crippen LogP contribution in [-0.2, 0) is 14.3 Å². The van der Waals surface area contributed by atoms with Crippen molar-refractivity contribution in [1.82, 2.24) is 15.1 Å². The molecule has 0 aromatic heterocycles. The smallest absolute Gasteiger partial charge is 0.228 e. The van der Waals surface area contributed by atoms with Gasteiger partial charge in [-0.3, -0.25) is 14.5 Å². The van der Waals surface area contributed by atoms with Crippen LogP contribution in [0.1, 0.15) is 109 Å². The van der Waals surface area contributed by atoms with Gasteiger partial charge < -0.3 is 20.1 Å². The number of aliphatic hydroxyl groups excluding tert-OH is 1. The van der Waals surface area contributed by atoms with Crippen LogP contribution < -0.4 is 5.32 Å². The molecular weight excluding hydrogens is 713 g/mol. The number of amides is 2. The lowest BCUT2D eigenvalue weighted by atomic mass is 9.51. The zero-order valence-electron chi connectivity index (χ0n) is 28.0. The lowest BCUT2D eigenvalue weighted by molar-refractivity contribution is -0.178. The predicted molar refractivity (Wildman–Crippen MR) is 192 cm³/mol. The Kier molecular flexibility index (Phi) is 12.7. The highest BCUT2D eigenvalue weighted by Gasteiger charge is 2.64. The van der Waals surface area contributed by atoms with Crippen LogP contribution in [0.5, 0.6) is 0 Å². The quantitative estimate of drug-likeness (QED) is 0.191. The standard InChI is InChI=1S/C37H59ClIN3O4/c38-32-11-5-1-8-29(32)24-42-34(27-15-13-26(25-43)14-16-27)37(23-28-7-2-6-12-33(28)39,31-10-4-3-9-30(31)35(42)44)36(45)40-17-18-41-19-21-46-22-20-41/h26-27,29-32,34,43H,1-25H2,(H,40,45)/t26?,27?,29?,30?,31?,32?,34-,37-/m0/s1. The van der Waals surface area contributed by atoms with Crippen LogP contribution in [0.2, 0.25) is 0 Å². The van der Waals surface area contributed by atoms with Gasteiger partial charge in [-0.2, -0.15) is 0 Å². The van der Waals surface area contributed by atoms with Gasteiger partial charge in [-0.15, -0.1) is 11.6 Å². The van der Waals surface area contributed by atoms with Crippen LogP contribution in [0.4, 0.5) is 0 Å². The summed E-state index contributed by atoms with van der Waals surface area (Å²) in [6, 6.07) is -0.119. The summed E-state index contributed by atoms with van der Waals surface area (Å²) in [7, 11) is 0. The SMILES string of the molecule is O=C1C2CCCCC2[C@](CC2=C(I)CCCC2)(C(=O)NCCN2CCOCC2)[C@H](C2CCC(CO)CC2)N1CC1CCCCC1Cl. The van der Waals surface area contributed by atoms with E-state index in [4.69, 9.17) is 16.3 Å². The number of halogens is 2. The van der Waals surface area contributed by atoms with Crippen molar-refractivity contribution in [2.24, 2.45) is 35.0 Å². The molecule has 7 nitrogen and oxygen atoms in total. The second kappa shape index (κ2) is 16.5. The molecule has 0 aromatic rings. The summed E-state index contributed by atoms with van der Waals surface area (Å²) in [5.74, 6) is 1.39. The number of carbonyl (C=O) groups excluding carboxylic acids is 2. The van der Waals surface area contributed by atoms with Crippen molar-refractivity contribution in [2.45, 2.75) is 121 Å². The second-order valence-corrected chi connectivity index (χ2v) is 17.5. The molecule has 3 saturated carbocycles. The van der Waals surface area contributed by atoms with Crippen LogP contribution in [-0.4, -0.2) is 90.7 Å². The van der Waals surface area contributed by atoms with E-state index in [0.717, 1.165) is 116 Å². The minimum atomic E-state index is -0.639. The molecule has 46 heavy (non-hydrogen) atoms. The molecule has 2 N–H and O–H groups in total. The number of hydrogen-bond acceptors (Lipinski definition) is 5. The molecule has 260 valence electrons. The molecule has 4 unspecified atom stereocenters. The molecule has 2 saturated heterocycles. The molecule has 2 amide bonds. The average molecular weight is 772 g/mol. The molecule has 6 aliphatic rings. The van der Waals surface area contributed by atoms with Crippen LogP contribution in [0.25, 0.3) is 0 Å². The summed E-state index contributed by atoms with van der Waals surface area (Å²) in [6.45, 7) is 5.74. The second-order valence-electron chi connectivity index (χ2n) is 15.6. The molecule has 2 aliphatic heterocycles. The van der Waals surface area contributed by atoms with E-state index in [1.807, 2.05) is 0 Å². The number of fused-ring (bicyclic) bond motifs is 1. The Hall–Kier alpha value is -0.420. The Morgan fingerprint density at radius 3 is 2.41 bits per heavy atom. The fourth-order valence-electron chi connectivity index (χ4n) is 10.5. The van der Waals surface area contributed by atoms with Gasteiger partial charge in [0.15, 0.2) is 0 Å². The van der Waals surface area contributed by atoms with Crippen molar-refractivity contribution in [2.75, 3.05) is 52.5 Å². The number of likely N-dealkylation sites (tertiary alicyclic amines) is 1. The number of morpholine rings is 1. The van der Waals surface area contributed by atoms with Gasteiger partial charge in [0.1, 0.15) is 0 Å². The number of aliphatic hydroxyl groups is 1. The monoisotopic (exact) mass is 771 g/mol. The van der Waals surface area contributed by atoms with Crippen LogP contribution in [0, 0.1) is 35.0 Å². The Balaban J connectivity index is 1.42. The first kappa shape index (κ1) is 35.4. The number of nitrogens with one attached hydrogen (secondary N) is 1.